The van der Waals surface area contributed by atoms with Crippen LogP contribution in [-0.4, -0.2) is 16.8 Å². The van der Waals surface area contributed by atoms with Gasteiger partial charge in [-0.1, -0.05) is 25.1 Å². The largest absolute Gasteiger partial charge is 0.365 e. The molecule has 0 atom stereocenters. The van der Waals surface area contributed by atoms with E-state index in [9.17, 15) is 9.59 Å². The Balaban J connectivity index is 1.96. The number of nitrogens with two attached hydrogens (primary N) is 1. The number of para-hydroxylation sites is 1. The topological polar surface area (TPSA) is 85.1 Å². The molecule has 0 radical (unpaired) electrons. The summed E-state index contributed by atoms with van der Waals surface area (Å²) >= 11 is 1.08. The summed E-state index contributed by atoms with van der Waals surface area (Å²) in [5.41, 5.74) is 7.68. The average molecular weight is 325 g/mol. The highest BCUT2D eigenvalue weighted by Gasteiger charge is 2.14. The van der Waals surface area contributed by atoms with Crippen LogP contribution in [0.5, 0.6) is 0 Å². The van der Waals surface area contributed by atoms with Crippen molar-refractivity contribution < 1.29 is 9.59 Å². The van der Waals surface area contributed by atoms with E-state index in [1.165, 1.54) is 0 Å². The lowest BCUT2D eigenvalue weighted by molar-refractivity contribution is 0.100. The summed E-state index contributed by atoms with van der Waals surface area (Å²) in [6, 6.07) is 12.7. The van der Waals surface area contributed by atoms with E-state index in [1.807, 2.05) is 37.3 Å². The number of hydrogen-bond acceptors (Lipinski definition) is 4. The second-order valence-electron chi connectivity index (χ2n) is 5.01. The number of pyridine rings is 1. The SMILES string of the molecule is CCc1cc(NC(=O)c2ccc(C(N)=O)s2)c2ccccc2n1. The monoisotopic (exact) mass is 325 g/mol. The van der Waals surface area contributed by atoms with Gasteiger partial charge in [-0.15, -0.1) is 11.3 Å². The highest BCUT2D eigenvalue weighted by atomic mass is 32.1. The molecule has 0 saturated carbocycles. The molecule has 2 amide bonds. The molecule has 5 nitrogen and oxygen atoms in total. The number of nitrogens with zero attached hydrogens (tertiary/aromatic N) is 1. The fourth-order valence-corrected chi connectivity index (χ4v) is 3.04. The van der Waals surface area contributed by atoms with Crippen LogP contribution in [0, 0.1) is 0 Å². The smallest absolute Gasteiger partial charge is 0.265 e. The number of rotatable bonds is 4. The highest BCUT2D eigenvalue weighted by Crippen LogP contribution is 2.25. The summed E-state index contributed by atoms with van der Waals surface area (Å²) < 4.78 is 0. The summed E-state index contributed by atoms with van der Waals surface area (Å²) in [4.78, 5) is 28.9. The Hall–Kier alpha value is -2.73. The number of primary amides is 1. The first-order chi connectivity index (χ1) is 11.1. The van der Waals surface area contributed by atoms with Gasteiger partial charge >= 0.3 is 0 Å². The predicted molar refractivity (Wildman–Crippen MR) is 91.9 cm³/mol. The van der Waals surface area contributed by atoms with Crippen molar-refractivity contribution in [3.05, 3.63) is 57.9 Å². The molecule has 0 aliphatic rings. The Kier molecular flexibility index (Phi) is 4.08. The number of aryl methyl sites for hydroxylation is 1. The number of nitrogens with one attached hydrogen (secondary N) is 1. The number of hydrogen-bond donors (Lipinski definition) is 2. The predicted octanol–water partition coefficient (Wildman–Crippen LogP) is 3.21. The van der Waals surface area contributed by atoms with E-state index in [2.05, 4.69) is 10.3 Å². The summed E-state index contributed by atoms with van der Waals surface area (Å²) in [6.07, 6.45) is 0.776. The van der Waals surface area contributed by atoms with Crippen molar-refractivity contribution in [2.24, 2.45) is 5.73 Å². The number of thiophene rings is 1. The van der Waals surface area contributed by atoms with E-state index < -0.39 is 5.91 Å². The Bertz CT molecular complexity index is 902. The lowest BCUT2D eigenvalue weighted by Gasteiger charge is -2.09. The van der Waals surface area contributed by atoms with E-state index in [-0.39, 0.29) is 5.91 Å². The van der Waals surface area contributed by atoms with E-state index in [4.69, 9.17) is 5.73 Å². The molecule has 0 spiro atoms. The van der Waals surface area contributed by atoms with Gasteiger partial charge in [-0.3, -0.25) is 14.6 Å². The van der Waals surface area contributed by atoms with Crippen LogP contribution in [0.15, 0.2) is 42.5 Å². The third-order valence-corrected chi connectivity index (χ3v) is 4.55. The van der Waals surface area contributed by atoms with E-state index in [0.717, 1.165) is 34.4 Å². The maximum absolute atomic E-state index is 12.4. The molecule has 116 valence electrons. The first-order valence-corrected chi connectivity index (χ1v) is 7.99. The van der Waals surface area contributed by atoms with Gasteiger partial charge in [0.05, 0.1) is 21.0 Å². The van der Waals surface area contributed by atoms with E-state index >= 15 is 0 Å². The van der Waals surface area contributed by atoms with E-state index in [0.29, 0.717) is 15.4 Å². The van der Waals surface area contributed by atoms with Gasteiger partial charge in [0.1, 0.15) is 0 Å². The number of amides is 2. The summed E-state index contributed by atoms with van der Waals surface area (Å²) in [7, 11) is 0. The second kappa shape index (κ2) is 6.18. The molecule has 2 aromatic heterocycles. The standard InChI is InChI=1S/C17H15N3O2S/c1-2-10-9-13(11-5-3-4-6-12(11)19-10)20-17(22)15-8-7-14(23-15)16(18)21/h3-9H,2H2,1H3,(H2,18,21)(H,19,20,22). The molecule has 2 heterocycles. The Labute approximate surface area is 137 Å². The third kappa shape index (κ3) is 3.07. The van der Waals surface area contributed by atoms with Crippen molar-refractivity contribution >= 4 is 39.7 Å². The van der Waals surface area contributed by atoms with Gasteiger partial charge in [0.25, 0.3) is 11.8 Å². The maximum atomic E-state index is 12.4. The molecule has 1 aromatic carbocycles. The zero-order chi connectivity index (χ0) is 16.4. The van der Waals surface area contributed by atoms with Crippen molar-refractivity contribution in [1.82, 2.24) is 4.98 Å². The minimum Gasteiger partial charge on any atom is -0.365 e. The molecule has 0 unspecified atom stereocenters. The van der Waals surface area contributed by atoms with Crippen LogP contribution in [0.4, 0.5) is 5.69 Å². The van der Waals surface area contributed by atoms with Gasteiger partial charge in [0, 0.05) is 11.1 Å². The Morgan fingerprint density at radius 2 is 1.91 bits per heavy atom. The van der Waals surface area contributed by atoms with Gasteiger partial charge in [-0.05, 0) is 30.7 Å². The normalized spacial score (nSPS) is 10.7. The number of anilines is 1. The van der Waals surface area contributed by atoms with Crippen LogP contribution in [0.2, 0.25) is 0 Å². The van der Waals surface area contributed by atoms with Gasteiger partial charge in [-0.25, -0.2) is 0 Å². The molecule has 0 aliphatic carbocycles. The van der Waals surface area contributed by atoms with Crippen molar-refractivity contribution in [2.45, 2.75) is 13.3 Å². The second-order valence-corrected chi connectivity index (χ2v) is 6.10. The van der Waals surface area contributed by atoms with Crippen LogP contribution in [0.25, 0.3) is 10.9 Å². The molecule has 6 heteroatoms. The highest BCUT2D eigenvalue weighted by molar-refractivity contribution is 7.16. The van der Waals surface area contributed by atoms with E-state index in [1.54, 1.807) is 12.1 Å². The number of carbonyl (C=O) groups is 2. The van der Waals surface area contributed by atoms with Crippen LogP contribution < -0.4 is 11.1 Å². The van der Waals surface area contributed by atoms with Gasteiger partial charge in [0.2, 0.25) is 0 Å². The first-order valence-electron chi connectivity index (χ1n) is 7.18. The average Bonchev–Trinajstić information content (AvgIpc) is 3.05. The van der Waals surface area contributed by atoms with Crippen LogP contribution in [0.1, 0.15) is 32.0 Å². The van der Waals surface area contributed by atoms with Crippen molar-refractivity contribution in [1.29, 1.82) is 0 Å². The molecule has 0 aliphatic heterocycles. The third-order valence-electron chi connectivity index (χ3n) is 3.45. The molecule has 23 heavy (non-hydrogen) atoms. The fourth-order valence-electron chi connectivity index (χ4n) is 2.29. The molecule has 3 N–H and O–H groups in total. The molecule has 0 saturated heterocycles. The van der Waals surface area contributed by atoms with Crippen LogP contribution >= 0.6 is 11.3 Å². The quantitative estimate of drug-likeness (QED) is 0.772. The Morgan fingerprint density at radius 1 is 1.17 bits per heavy atom. The number of aromatic nitrogens is 1. The minimum absolute atomic E-state index is 0.263. The summed E-state index contributed by atoms with van der Waals surface area (Å²) in [5.74, 6) is -0.794. The maximum Gasteiger partial charge on any atom is 0.265 e. The zero-order valence-corrected chi connectivity index (χ0v) is 13.3. The number of benzene rings is 1. The van der Waals surface area contributed by atoms with Crippen molar-refractivity contribution in [3.8, 4) is 0 Å². The van der Waals surface area contributed by atoms with Gasteiger partial charge < -0.3 is 11.1 Å². The van der Waals surface area contributed by atoms with Crippen LogP contribution in [0.3, 0.4) is 0 Å². The Morgan fingerprint density at radius 3 is 2.61 bits per heavy atom. The lowest BCUT2D eigenvalue weighted by Crippen LogP contribution is -2.11. The molecule has 0 fully saturated rings. The molecular formula is C17H15N3O2S. The lowest BCUT2D eigenvalue weighted by atomic mass is 10.1. The fraction of sp³-hybridized carbons (Fsp3) is 0.118. The van der Waals surface area contributed by atoms with Crippen LogP contribution in [-0.2, 0) is 6.42 Å². The molecule has 3 aromatic rings. The van der Waals surface area contributed by atoms with Crippen molar-refractivity contribution in [2.75, 3.05) is 5.32 Å². The van der Waals surface area contributed by atoms with Crippen molar-refractivity contribution in [3.63, 3.8) is 0 Å². The molecule has 0 bridgehead atoms. The van der Waals surface area contributed by atoms with Gasteiger partial charge in [0.15, 0.2) is 0 Å². The minimum atomic E-state index is -0.531. The number of carbonyl (C=O) groups excluding carboxylic acids is 2. The zero-order valence-electron chi connectivity index (χ0n) is 12.5. The number of fused-ring (bicyclic) bond motifs is 1. The van der Waals surface area contributed by atoms with Gasteiger partial charge in [-0.2, -0.15) is 0 Å². The molecule has 3 rings (SSSR count). The first kappa shape index (κ1) is 15.2. The summed E-state index contributed by atoms with van der Waals surface area (Å²) in [6.45, 7) is 2.01. The summed E-state index contributed by atoms with van der Waals surface area (Å²) in [5, 5.41) is 3.79. The molecular weight excluding hydrogens is 310 g/mol.